The summed E-state index contributed by atoms with van der Waals surface area (Å²) in [6, 6.07) is 17.0. The van der Waals surface area contributed by atoms with E-state index in [1.165, 1.54) is 128 Å². The molecular weight excluding hydrogens is 1190 g/mol. The van der Waals surface area contributed by atoms with Crippen LogP contribution in [0.4, 0.5) is 0 Å². The summed E-state index contributed by atoms with van der Waals surface area (Å²) in [6.07, 6.45) is 34.9. The Kier molecular flexibility index (Phi) is 47.0. The lowest BCUT2D eigenvalue weighted by atomic mass is 9.93. The molecule has 6 atom stereocenters. The average Bonchev–Trinajstić information content (AvgIpc) is 0.873. The highest BCUT2D eigenvalue weighted by molar-refractivity contribution is 7.49. The maximum atomic E-state index is 15.6. The van der Waals surface area contributed by atoms with E-state index in [4.69, 9.17) is 42.0 Å². The summed E-state index contributed by atoms with van der Waals surface area (Å²) in [5, 5.41) is 3.18. The molecule has 91 heavy (non-hydrogen) atoms. The van der Waals surface area contributed by atoms with Crippen LogP contribution in [0.5, 0.6) is 11.5 Å². The van der Waals surface area contributed by atoms with Gasteiger partial charge in [0.15, 0.2) is 6.10 Å². The summed E-state index contributed by atoms with van der Waals surface area (Å²) in [5.74, 6) is -1.79. The van der Waals surface area contributed by atoms with Gasteiger partial charge < -0.3 is 42.8 Å². The highest BCUT2D eigenvalue weighted by Crippen LogP contribution is 2.52. The Hall–Kier alpha value is -3.79. The number of amides is 1. The maximum Gasteiger partial charge on any atom is 0.588 e. The molecule has 0 spiro atoms. The van der Waals surface area contributed by atoms with Crippen LogP contribution in [0, 0.1) is 5.92 Å². The van der Waals surface area contributed by atoms with Crippen LogP contribution in [0.25, 0.3) is 0 Å². The van der Waals surface area contributed by atoms with Gasteiger partial charge in [0.2, 0.25) is 5.91 Å². The van der Waals surface area contributed by atoms with Crippen LogP contribution in [0.2, 0.25) is 25.7 Å². The molecule has 0 radical (unpaired) electrons. The Morgan fingerprint density at radius 3 is 1.42 bits per heavy atom. The van der Waals surface area contributed by atoms with E-state index in [1.807, 2.05) is 0 Å². The molecule has 17 heteroatoms. The quantitative estimate of drug-likeness (QED) is 0.0165. The van der Waals surface area contributed by atoms with Gasteiger partial charge in [-0.25, -0.2) is 4.57 Å². The lowest BCUT2D eigenvalue weighted by Gasteiger charge is -2.42. The molecule has 1 heterocycles. The predicted molar refractivity (Wildman–Crippen MR) is 370 cm³/mol. The third kappa shape index (κ3) is 41.6. The third-order valence-electron chi connectivity index (χ3n) is 17.1. The molecule has 2 aromatic carbocycles. The summed E-state index contributed by atoms with van der Waals surface area (Å²) in [6.45, 7) is 15.8. The number of unbranched alkanes of at least 4 members (excludes halogenated alkanes) is 29. The van der Waals surface area contributed by atoms with Gasteiger partial charge in [0.05, 0.1) is 37.7 Å². The Bertz CT molecular complexity index is 2120. The minimum atomic E-state index is -4.78. The average molecular weight is 1310 g/mol. The Labute approximate surface area is 553 Å². The number of carbonyl (C=O) groups excluding carboxylic acids is 4. The van der Waals surface area contributed by atoms with Gasteiger partial charge >= 0.3 is 25.7 Å². The fourth-order valence-corrected chi connectivity index (χ4v) is 13.7. The number of nitrogens with one attached hydrogen (secondary N) is 1. The Morgan fingerprint density at radius 2 is 0.978 bits per heavy atom. The van der Waals surface area contributed by atoms with Gasteiger partial charge in [-0.15, -0.1) is 0 Å². The topological polar surface area (TPSA) is 180 Å². The molecule has 1 N–H and O–H groups in total. The molecule has 15 nitrogen and oxygen atoms in total. The van der Waals surface area contributed by atoms with Gasteiger partial charge in [-0.05, 0) is 69.3 Å². The highest BCUT2D eigenvalue weighted by atomic mass is 31.2. The first-order chi connectivity index (χ1) is 44.2. The van der Waals surface area contributed by atoms with Crippen LogP contribution in [-0.4, -0.2) is 95.6 Å². The summed E-state index contributed by atoms with van der Waals surface area (Å²) in [7, 11) is -6.14. The number of benzene rings is 2. The van der Waals surface area contributed by atoms with Crippen molar-refractivity contribution in [3.63, 3.8) is 0 Å². The molecule has 1 aliphatic heterocycles. The van der Waals surface area contributed by atoms with E-state index < -0.39 is 64.2 Å². The van der Waals surface area contributed by atoms with E-state index in [-0.39, 0.29) is 69.3 Å². The van der Waals surface area contributed by atoms with E-state index in [0.717, 1.165) is 76.7 Å². The molecule has 3 rings (SSSR count). The standard InChI is InChI=1S/C74H128NO14PSi/c1-8-12-15-18-21-24-26-27-30-32-35-40-49-63(48-39-34-31-29-25-22-19-16-13-9-2)74(79)86-72-67(75-69(76)59-66(85-62-81-57-58-91(5,6)7)54-41-36-33-28-23-20-17-14-10-3)60-83-68(61-84-71(78)56-47-46-55-70(77)82-11-4)73(72)89-90(80,87-64-50-42-37-43-51-64)88-65-52-44-38-45-53-65/h37-38,42-45,50-53,63,66-68,72-73H,8-36,39-41,46-49,54-62H2,1-7H3,(H,75,76)/t63?,66-,67+,68-,72-,73-/m1/s1. The molecule has 0 saturated carbocycles. The first-order valence-electron chi connectivity index (χ1n) is 36.6. The number of para-hydroxylation sites is 2. The third-order valence-corrected chi connectivity index (χ3v) is 20.2. The van der Waals surface area contributed by atoms with Crippen LogP contribution in [-0.2, 0) is 56.7 Å². The minimum Gasteiger partial charge on any atom is -0.466 e. The van der Waals surface area contributed by atoms with Gasteiger partial charge in [-0.3, -0.25) is 23.7 Å². The van der Waals surface area contributed by atoms with Gasteiger partial charge in [-0.1, -0.05) is 276 Å². The number of ether oxygens (including phenoxy) is 6. The Morgan fingerprint density at radius 1 is 0.549 bits per heavy atom. The SMILES string of the molecule is CCCCCCCCCCCCCCC(CCCCCCCCCCCC)C(=O)O[C@H]1[C@H](OP(=O)(Oc2ccccc2)Oc2ccccc2)[C@@H](COC(=O)CCCCC(=O)OCC)OC[C@@H]1NC(=O)C[C@@H](CCCCCCCCCCC)OCOCC[Si](C)(C)C. The molecule has 1 saturated heterocycles. The molecule has 2 aromatic rings. The maximum absolute atomic E-state index is 15.6. The van der Waals surface area contributed by atoms with E-state index in [9.17, 15) is 14.4 Å². The summed E-state index contributed by atoms with van der Waals surface area (Å²) >= 11 is 0. The van der Waals surface area contributed by atoms with E-state index in [0.29, 0.717) is 38.7 Å². The zero-order valence-corrected chi connectivity index (χ0v) is 60.1. The molecule has 1 fully saturated rings. The number of esters is 3. The molecule has 1 amide bonds. The van der Waals surface area contributed by atoms with Gasteiger partial charge in [0.1, 0.15) is 37.1 Å². The van der Waals surface area contributed by atoms with Crippen LogP contribution in [0.1, 0.15) is 278 Å². The zero-order valence-electron chi connectivity index (χ0n) is 58.2. The fourth-order valence-electron chi connectivity index (χ4n) is 11.6. The van der Waals surface area contributed by atoms with Crippen LogP contribution >= 0.6 is 7.82 Å². The molecule has 0 aromatic heterocycles. The number of hydrogen-bond acceptors (Lipinski definition) is 14. The van der Waals surface area contributed by atoms with Gasteiger partial charge in [0.25, 0.3) is 0 Å². The molecule has 1 unspecified atom stereocenters. The molecule has 0 bridgehead atoms. The second kappa shape index (κ2) is 52.5. The van der Waals surface area contributed by atoms with Gasteiger partial charge in [0, 0.05) is 27.5 Å². The van der Waals surface area contributed by atoms with E-state index in [2.05, 4.69) is 45.7 Å². The van der Waals surface area contributed by atoms with Crippen molar-refractivity contribution in [2.24, 2.45) is 5.92 Å². The lowest BCUT2D eigenvalue weighted by molar-refractivity contribution is -0.195. The van der Waals surface area contributed by atoms with Gasteiger partial charge in [-0.2, -0.15) is 0 Å². The largest absolute Gasteiger partial charge is 0.588 e. The van der Waals surface area contributed by atoms with Crippen LogP contribution < -0.4 is 14.4 Å². The zero-order chi connectivity index (χ0) is 65.9. The van der Waals surface area contributed by atoms with Crippen molar-refractivity contribution in [3.05, 3.63) is 60.7 Å². The predicted octanol–water partition coefficient (Wildman–Crippen LogP) is 20.1. The lowest BCUT2D eigenvalue weighted by Crippen LogP contribution is -2.62. The summed E-state index contributed by atoms with van der Waals surface area (Å²) in [4.78, 5) is 55.7. The van der Waals surface area contributed by atoms with E-state index in [1.54, 1.807) is 67.6 Å². The van der Waals surface area contributed by atoms with Crippen LogP contribution in [0.15, 0.2) is 60.7 Å². The van der Waals surface area contributed by atoms with Crippen molar-refractivity contribution in [2.75, 3.05) is 33.2 Å². The number of phosphoric acid groups is 1. The summed E-state index contributed by atoms with van der Waals surface area (Å²) in [5.41, 5.74) is 0. The smallest absolute Gasteiger partial charge is 0.466 e. The van der Waals surface area contributed by atoms with Crippen molar-refractivity contribution in [1.82, 2.24) is 5.32 Å². The van der Waals surface area contributed by atoms with Crippen molar-refractivity contribution < 1.29 is 65.7 Å². The summed E-state index contributed by atoms with van der Waals surface area (Å²) < 4.78 is 71.4. The van der Waals surface area contributed by atoms with Crippen molar-refractivity contribution in [1.29, 1.82) is 0 Å². The first-order valence-corrected chi connectivity index (χ1v) is 41.8. The van der Waals surface area contributed by atoms with Crippen molar-refractivity contribution >= 4 is 39.7 Å². The number of carbonyl (C=O) groups is 4. The number of hydrogen-bond donors (Lipinski definition) is 1. The first kappa shape index (κ1) is 81.4. The molecular formula is C74H128NO14PSi. The van der Waals surface area contributed by atoms with Crippen molar-refractivity contribution in [3.8, 4) is 11.5 Å². The normalized spacial score (nSPS) is 16.6. The highest BCUT2D eigenvalue weighted by Gasteiger charge is 2.51. The number of phosphoric ester groups is 1. The second-order valence-electron chi connectivity index (χ2n) is 26.8. The number of rotatable bonds is 59. The minimum absolute atomic E-state index is 0.00134. The fraction of sp³-hybridized carbons (Fsp3) is 0.784. The molecule has 522 valence electrons. The van der Waals surface area contributed by atoms with Crippen LogP contribution in [0.3, 0.4) is 0 Å². The van der Waals surface area contributed by atoms with Crippen molar-refractivity contribution in [2.45, 2.75) is 334 Å². The van der Waals surface area contributed by atoms with E-state index >= 15 is 9.36 Å². The Balaban J connectivity index is 2.04. The second-order valence-corrected chi connectivity index (χ2v) is 33.9. The molecule has 1 aliphatic rings. The monoisotopic (exact) mass is 1310 g/mol. The molecule has 0 aliphatic carbocycles.